The summed E-state index contributed by atoms with van der Waals surface area (Å²) in [5, 5.41) is 0. The molecule has 0 spiro atoms. The number of nitrogens with zero attached hydrogens (tertiary/aromatic N) is 1. The van der Waals surface area contributed by atoms with Crippen LogP contribution in [-0.2, 0) is 0 Å². The highest BCUT2D eigenvalue weighted by Crippen LogP contribution is 2.82. The Kier molecular flexibility index (Phi) is 0.334. The Morgan fingerprint density at radius 3 is 1.88 bits per heavy atom. The second-order valence-corrected chi connectivity index (χ2v) is 3.80. The molecular weight excluding hydrogens is 98.1 g/mol. The first-order chi connectivity index (χ1) is 3.80. The van der Waals surface area contributed by atoms with Gasteiger partial charge in [-0.25, -0.2) is 0 Å². The molecule has 0 atom stereocenters. The molecule has 4 aliphatic rings. The van der Waals surface area contributed by atoms with Gasteiger partial charge in [0.2, 0.25) is 0 Å². The lowest BCUT2D eigenvalue weighted by Crippen LogP contribution is -2.67. The van der Waals surface area contributed by atoms with Crippen molar-refractivity contribution in [3.63, 3.8) is 0 Å². The van der Waals surface area contributed by atoms with Gasteiger partial charge in [0.25, 0.3) is 0 Å². The lowest BCUT2D eigenvalue weighted by molar-refractivity contribution is -1.000. The predicted molar refractivity (Wildman–Crippen MR) is 31.3 cm³/mol. The van der Waals surface area contributed by atoms with Gasteiger partial charge in [0, 0.05) is 0 Å². The largest absolute Gasteiger partial charge is 0.320 e. The minimum absolute atomic E-state index is 1.16. The van der Waals surface area contributed by atoms with Crippen LogP contribution in [0.1, 0.15) is 6.92 Å². The van der Waals surface area contributed by atoms with Gasteiger partial charge in [-0.2, -0.15) is 0 Å². The molecule has 44 valence electrons. The Bertz CT molecular complexity index is 142. The van der Waals surface area contributed by atoms with Crippen molar-refractivity contribution in [3.8, 4) is 0 Å². The SMILES string of the molecule is CC[N+]1(C)C2C3C2C31. The second-order valence-electron chi connectivity index (χ2n) is 3.80. The van der Waals surface area contributed by atoms with Crippen molar-refractivity contribution in [2.24, 2.45) is 11.8 Å². The molecule has 0 radical (unpaired) electrons. The topological polar surface area (TPSA) is 0 Å². The molecule has 2 bridgehead atoms. The van der Waals surface area contributed by atoms with Crippen LogP contribution in [0.2, 0.25) is 0 Å². The van der Waals surface area contributed by atoms with E-state index in [1.54, 1.807) is 0 Å². The highest BCUT2D eigenvalue weighted by atomic mass is 15.6. The van der Waals surface area contributed by atoms with E-state index >= 15 is 0 Å². The van der Waals surface area contributed by atoms with E-state index in [4.69, 9.17) is 0 Å². The minimum atomic E-state index is 1.16. The molecule has 2 saturated heterocycles. The summed E-state index contributed by atoms with van der Waals surface area (Å²) in [6.45, 7) is 3.69. The van der Waals surface area contributed by atoms with Gasteiger partial charge < -0.3 is 4.48 Å². The Labute approximate surface area is 49.9 Å². The van der Waals surface area contributed by atoms with Crippen molar-refractivity contribution < 1.29 is 4.48 Å². The van der Waals surface area contributed by atoms with E-state index in [1.807, 2.05) is 0 Å². The maximum Gasteiger partial charge on any atom is 0.108 e. The molecule has 4 rings (SSSR count). The molecule has 2 aliphatic carbocycles. The first kappa shape index (κ1) is 3.89. The van der Waals surface area contributed by atoms with Crippen LogP contribution in [0.3, 0.4) is 0 Å². The first-order valence-corrected chi connectivity index (χ1v) is 3.65. The molecule has 0 N–H and O–H groups in total. The summed E-state index contributed by atoms with van der Waals surface area (Å²) in [6.07, 6.45) is 0. The molecule has 0 aromatic heterocycles. The number of hydrogen-bond acceptors (Lipinski definition) is 0. The zero-order chi connectivity index (χ0) is 5.52. The third kappa shape index (κ3) is 0.153. The van der Waals surface area contributed by atoms with Crippen LogP contribution in [0.4, 0.5) is 0 Å². The highest BCUT2D eigenvalue weighted by molar-refractivity contribution is 5.32. The normalized spacial score (nSPS) is 80.2. The van der Waals surface area contributed by atoms with E-state index in [2.05, 4.69) is 14.0 Å². The maximum absolute atomic E-state index is 2.41. The molecule has 0 aromatic rings. The quantitative estimate of drug-likeness (QED) is 0.430. The molecule has 2 saturated carbocycles. The summed E-state index contributed by atoms with van der Waals surface area (Å²) < 4.78 is 1.44. The molecule has 1 heteroatoms. The summed E-state index contributed by atoms with van der Waals surface area (Å²) >= 11 is 0. The van der Waals surface area contributed by atoms with E-state index in [-0.39, 0.29) is 0 Å². The third-order valence-electron chi connectivity index (χ3n) is 3.78. The fourth-order valence-corrected chi connectivity index (χ4v) is 2.93. The van der Waals surface area contributed by atoms with Gasteiger partial charge in [0.1, 0.15) is 12.1 Å². The zero-order valence-corrected chi connectivity index (χ0v) is 5.46. The van der Waals surface area contributed by atoms with E-state index in [9.17, 15) is 0 Å². The number of hydrogen-bond donors (Lipinski definition) is 0. The van der Waals surface area contributed by atoms with Gasteiger partial charge in [0.05, 0.1) is 25.4 Å². The first-order valence-electron chi connectivity index (χ1n) is 3.65. The van der Waals surface area contributed by atoms with E-state index in [0.717, 1.165) is 12.1 Å². The molecule has 2 aliphatic heterocycles. The molecule has 2 heterocycles. The fraction of sp³-hybridized carbons (Fsp3) is 1.00. The summed E-state index contributed by atoms with van der Waals surface area (Å²) in [5.41, 5.74) is 0. The highest BCUT2D eigenvalue weighted by Gasteiger charge is 2.99. The lowest BCUT2D eigenvalue weighted by Gasteiger charge is -2.50. The average molecular weight is 110 g/mol. The molecule has 1 nitrogen and oxygen atoms in total. The molecule has 8 heavy (non-hydrogen) atoms. The van der Waals surface area contributed by atoms with Crippen molar-refractivity contribution in [1.29, 1.82) is 0 Å². The van der Waals surface area contributed by atoms with Crippen LogP contribution in [0, 0.1) is 11.8 Å². The van der Waals surface area contributed by atoms with Crippen molar-refractivity contribution in [2.75, 3.05) is 13.6 Å². The standard InChI is InChI=1S/C7H12N/c1-3-8(2)6-4-5(6)7(4)8/h4-7H,3H2,1-2H3/q+1. The van der Waals surface area contributed by atoms with Gasteiger partial charge in [0.15, 0.2) is 0 Å². The summed E-state index contributed by atoms with van der Waals surface area (Å²) in [6, 6.07) is 2.31. The van der Waals surface area contributed by atoms with Crippen LogP contribution in [-0.4, -0.2) is 30.2 Å². The molecular formula is C7H12N+. The smallest absolute Gasteiger partial charge is 0.108 e. The van der Waals surface area contributed by atoms with Gasteiger partial charge in [-0.1, -0.05) is 0 Å². The monoisotopic (exact) mass is 110 g/mol. The van der Waals surface area contributed by atoms with Gasteiger partial charge in [-0.15, -0.1) is 0 Å². The van der Waals surface area contributed by atoms with Crippen LogP contribution in [0.5, 0.6) is 0 Å². The average Bonchev–Trinajstić information content (AvgIpc) is 2.44. The Balaban J connectivity index is 1.93. The minimum Gasteiger partial charge on any atom is -0.320 e. The van der Waals surface area contributed by atoms with Crippen LogP contribution < -0.4 is 0 Å². The molecule has 0 unspecified atom stereocenters. The van der Waals surface area contributed by atoms with E-state index < -0.39 is 0 Å². The van der Waals surface area contributed by atoms with Crippen molar-refractivity contribution in [1.82, 2.24) is 0 Å². The van der Waals surface area contributed by atoms with E-state index in [0.29, 0.717) is 0 Å². The van der Waals surface area contributed by atoms with Crippen LogP contribution >= 0.6 is 0 Å². The van der Waals surface area contributed by atoms with Crippen molar-refractivity contribution >= 4 is 0 Å². The Hall–Kier alpha value is -0.0400. The Morgan fingerprint density at radius 2 is 1.75 bits per heavy atom. The third-order valence-corrected chi connectivity index (χ3v) is 3.78. The van der Waals surface area contributed by atoms with E-state index in [1.165, 1.54) is 22.9 Å². The molecule has 0 aromatic carbocycles. The Morgan fingerprint density at radius 1 is 1.25 bits per heavy atom. The second kappa shape index (κ2) is 0.688. The molecule has 4 fully saturated rings. The predicted octanol–water partition coefficient (Wildman–Crippen LogP) is 0.463. The summed E-state index contributed by atoms with van der Waals surface area (Å²) in [5.74, 6) is 2.47. The number of rotatable bonds is 1. The van der Waals surface area contributed by atoms with Crippen LogP contribution in [0.15, 0.2) is 0 Å². The van der Waals surface area contributed by atoms with Crippen molar-refractivity contribution in [2.45, 2.75) is 19.0 Å². The van der Waals surface area contributed by atoms with Gasteiger partial charge in [-0.05, 0) is 6.92 Å². The zero-order valence-electron chi connectivity index (χ0n) is 5.46. The van der Waals surface area contributed by atoms with Gasteiger partial charge in [-0.3, -0.25) is 0 Å². The maximum atomic E-state index is 2.41. The molecule has 0 amide bonds. The van der Waals surface area contributed by atoms with Crippen molar-refractivity contribution in [3.05, 3.63) is 0 Å². The summed E-state index contributed by atoms with van der Waals surface area (Å²) in [4.78, 5) is 0. The van der Waals surface area contributed by atoms with Crippen LogP contribution in [0.25, 0.3) is 0 Å². The van der Waals surface area contributed by atoms with Gasteiger partial charge >= 0.3 is 0 Å². The summed E-state index contributed by atoms with van der Waals surface area (Å²) in [7, 11) is 2.41. The fourth-order valence-electron chi connectivity index (χ4n) is 2.93. The lowest BCUT2D eigenvalue weighted by atomic mass is 9.99. The number of quaternary nitrogens is 1.